The van der Waals surface area contributed by atoms with Crippen LogP contribution in [0.2, 0.25) is 0 Å². The molecule has 0 saturated carbocycles. The summed E-state index contributed by atoms with van der Waals surface area (Å²) in [5.41, 5.74) is 3.75. The van der Waals surface area contributed by atoms with Gasteiger partial charge in [-0.05, 0) is 49.7 Å². The summed E-state index contributed by atoms with van der Waals surface area (Å²) in [7, 11) is 1.46. The maximum atomic E-state index is 11.2. The highest BCUT2D eigenvalue weighted by Crippen LogP contribution is 2.31. The Hall–Kier alpha value is -3.35. The monoisotopic (exact) mass is 353 g/mol. The maximum Gasteiger partial charge on any atom is 0.314 e. The molecule has 0 atom stereocenters. The smallest absolute Gasteiger partial charge is 0.314 e. The molecule has 0 fully saturated rings. The standard InChI is InChI=1S/C19H19N3O4/c1-13-10-14(2)21(20-13)16-6-4-15(5-7-16)12-26-19-9-8-17(25-3)11-18(19)22(23)24/h4-11H,12H2,1-3H3. The molecule has 7 heteroatoms. The predicted molar refractivity (Wildman–Crippen MR) is 97.0 cm³/mol. The summed E-state index contributed by atoms with van der Waals surface area (Å²) < 4.78 is 12.5. The quantitative estimate of drug-likeness (QED) is 0.494. The number of ether oxygens (including phenoxy) is 2. The number of hydrogen-bond donors (Lipinski definition) is 0. The number of nitro benzene ring substituents is 1. The zero-order chi connectivity index (χ0) is 18.7. The van der Waals surface area contributed by atoms with Crippen molar-refractivity contribution in [1.82, 2.24) is 9.78 Å². The van der Waals surface area contributed by atoms with Crippen LogP contribution in [0.1, 0.15) is 17.0 Å². The lowest BCUT2D eigenvalue weighted by Gasteiger charge is -2.09. The minimum atomic E-state index is -0.482. The van der Waals surface area contributed by atoms with E-state index < -0.39 is 4.92 Å². The minimum absolute atomic E-state index is 0.122. The number of nitro groups is 1. The van der Waals surface area contributed by atoms with Crippen LogP contribution in [0.15, 0.2) is 48.5 Å². The number of aryl methyl sites for hydroxylation is 2. The SMILES string of the molecule is COc1ccc(OCc2ccc(-n3nc(C)cc3C)cc2)c([N+](=O)[O-])c1. The van der Waals surface area contributed by atoms with Crippen LogP contribution in [0.3, 0.4) is 0 Å². The van der Waals surface area contributed by atoms with Gasteiger partial charge < -0.3 is 9.47 Å². The van der Waals surface area contributed by atoms with Crippen LogP contribution in [0.5, 0.6) is 11.5 Å². The van der Waals surface area contributed by atoms with Gasteiger partial charge in [0.25, 0.3) is 0 Å². The van der Waals surface area contributed by atoms with E-state index in [0.717, 1.165) is 22.6 Å². The van der Waals surface area contributed by atoms with Crippen molar-refractivity contribution in [2.45, 2.75) is 20.5 Å². The first-order chi connectivity index (χ1) is 12.5. The topological polar surface area (TPSA) is 79.4 Å². The number of benzene rings is 2. The average molecular weight is 353 g/mol. The molecule has 134 valence electrons. The average Bonchev–Trinajstić information content (AvgIpc) is 2.98. The Morgan fingerprint density at radius 1 is 1.12 bits per heavy atom. The van der Waals surface area contributed by atoms with Crippen molar-refractivity contribution in [2.24, 2.45) is 0 Å². The largest absolute Gasteiger partial charge is 0.496 e. The molecule has 3 aromatic rings. The Labute approximate surface area is 150 Å². The second-order valence-corrected chi connectivity index (χ2v) is 5.88. The van der Waals surface area contributed by atoms with E-state index in [9.17, 15) is 10.1 Å². The molecule has 1 aromatic heterocycles. The molecular formula is C19H19N3O4. The summed E-state index contributed by atoms with van der Waals surface area (Å²) in [5, 5.41) is 15.6. The normalized spacial score (nSPS) is 10.6. The number of aromatic nitrogens is 2. The zero-order valence-corrected chi connectivity index (χ0v) is 14.8. The van der Waals surface area contributed by atoms with Crippen molar-refractivity contribution in [2.75, 3.05) is 7.11 Å². The number of nitrogens with zero attached hydrogens (tertiary/aromatic N) is 3. The van der Waals surface area contributed by atoms with E-state index in [0.29, 0.717) is 5.75 Å². The molecule has 7 nitrogen and oxygen atoms in total. The maximum absolute atomic E-state index is 11.2. The van der Waals surface area contributed by atoms with Gasteiger partial charge in [-0.2, -0.15) is 5.10 Å². The zero-order valence-electron chi connectivity index (χ0n) is 14.8. The first-order valence-electron chi connectivity index (χ1n) is 8.06. The fourth-order valence-corrected chi connectivity index (χ4v) is 2.67. The van der Waals surface area contributed by atoms with Gasteiger partial charge in [-0.3, -0.25) is 10.1 Å². The Balaban J connectivity index is 1.74. The van der Waals surface area contributed by atoms with Crippen LogP contribution in [-0.2, 0) is 6.61 Å². The van der Waals surface area contributed by atoms with E-state index in [2.05, 4.69) is 5.10 Å². The first-order valence-corrected chi connectivity index (χ1v) is 8.06. The van der Waals surface area contributed by atoms with E-state index in [1.807, 2.05) is 48.9 Å². The summed E-state index contributed by atoms with van der Waals surface area (Å²) in [5.74, 6) is 0.622. The van der Waals surface area contributed by atoms with Gasteiger partial charge in [-0.1, -0.05) is 12.1 Å². The van der Waals surface area contributed by atoms with E-state index in [4.69, 9.17) is 9.47 Å². The lowest BCUT2D eigenvalue weighted by atomic mass is 10.2. The highest BCUT2D eigenvalue weighted by molar-refractivity contribution is 5.51. The highest BCUT2D eigenvalue weighted by atomic mass is 16.6. The van der Waals surface area contributed by atoms with E-state index in [-0.39, 0.29) is 18.0 Å². The molecule has 0 aliphatic heterocycles. The molecule has 0 bridgehead atoms. The van der Waals surface area contributed by atoms with Crippen molar-refractivity contribution in [3.8, 4) is 17.2 Å². The van der Waals surface area contributed by atoms with Gasteiger partial charge in [0.05, 0.1) is 29.5 Å². The fraction of sp³-hybridized carbons (Fsp3) is 0.211. The Kier molecular flexibility index (Phi) is 4.88. The third-order valence-corrected chi connectivity index (χ3v) is 3.95. The van der Waals surface area contributed by atoms with Crippen molar-refractivity contribution in [3.63, 3.8) is 0 Å². The number of hydrogen-bond acceptors (Lipinski definition) is 5. The van der Waals surface area contributed by atoms with Gasteiger partial charge in [0, 0.05) is 5.69 Å². The van der Waals surface area contributed by atoms with E-state index >= 15 is 0 Å². The molecule has 0 unspecified atom stereocenters. The van der Waals surface area contributed by atoms with Gasteiger partial charge in [0.2, 0.25) is 0 Å². The fourth-order valence-electron chi connectivity index (χ4n) is 2.67. The molecule has 3 rings (SSSR count). The predicted octanol–water partition coefficient (Wildman–Crippen LogP) is 3.98. The lowest BCUT2D eigenvalue weighted by Crippen LogP contribution is -2.01. The third kappa shape index (κ3) is 3.66. The van der Waals surface area contributed by atoms with Gasteiger partial charge in [0.1, 0.15) is 12.4 Å². The first kappa shape index (κ1) is 17.5. The molecule has 0 saturated heterocycles. The van der Waals surface area contributed by atoms with Gasteiger partial charge in [0.15, 0.2) is 5.75 Å². The van der Waals surface area contributed by atoms with Crippen molar-refractivity contribution >= 4 is 5.69 Å². The van der Waals surface area contributed by atoms with Crippen LogP contribution in [-0.4, -0.2) is 21.8 Å². The molecule has 0 N–H and O–H groups in total. The number of methoxy groups -OCH3 is 1. The second kappa shape index (κ2) is 7.26. The summed E-state index contributed by atoms with van der Waals surface area (Å²) in [6, 6.07) is 14.3. The minimum Gasteiger partial charge on any atom is -0.496 e. The lowest BCUT2D eigenvalue weighted by molar-refractivity contribution is -0.386. The van der Waals surface area contributed by atoms with Gasteiger partial charge >= 0.3 is 5.69 Å². The highest BCUT2D eigenvalue weighted by Gasteiger charge is 2.16. The second-order valence-electron chi connectivity index (χ2n) is 5.88. The third-order valence-electron chi connectivity index (χ3n) is 3.95. The molecule has 0 aliphatic rings. The van der Waals surface area contributed by atoms with Crippen LogP contribution in [0.4, 0.5) is 5.69 Å². The van der Waals surface area contributed by atoms with Crippen molar-refractivity contribution in [3.05, 3.63) is 75.6 Å². The van der Waals surface area contributed by atoms with Crippen LogP contribution >= 0.6 is 0 Å². The Bertz CT molecular complexity index is 932. The molecule has 0 radical (unpaired) electrons. The van der Waals surface area contributed by atoms with Crippen LogP contribution < -0.4 is 9.47 Å². The van der Waals surface area contributed by atoms with E-state index in [1.165, 1.54) is 13.2 Å². The van der Waals surface area contributed by atoms with Gasteiger partial charge in [-0.25, -0.2) is 4.68 Å². The molecule has 0 spiro atoms. The molecule has 1 heterocycles. The molecule has 0 amide bonds. The van der Waals surface area contributed by atoms with E-state index in [1.54, 1.807) is 12.1 Å². The molecule has 26 heavy (non-hydrogen) atoms. The molecule has 2 aromatic carbocycles. The summed E-state index contributed by atoms with van der Waals surface area (Å²) in [6.45, 7) is 4.18. The van der Waals surface area contributed by atoms with Crippen molar-refractivity contribution < 1.29 is 14.4 Å². The Morgan fingerprint density at radius 3 is 2.42 bits per heavy atom. The van der Waals surface area contributed by atoms with Gasteiger partial charge in [-0.15, -0.1) is 0 Å². The van der Waals surface area contributed by atoms with Crippen LogP contribution in [0, 0.1) is 24.0 Å². The molecular weight excluding hydrogens is 334 g/mol. The van der Waals surface area contributed by atoms with Crippen LogP contribution in [0.25, 0.3) is 5.69 Å². The summed E-state index contributed by atoms with van der Waals surface area (Å²) >= 11 is 0. The summed E-state index contributed by atoms with van der Waals surface area (Å²) in [4.78, 5) is 10.7. The molecule has 0 aliphatic carbocycles. The Morgan fingerprint density at radius 2 is 1.85 bits per heavy atom. The van der Waals surface area contributed by atoms with Crippen molar-refractivity contribution in [1.29, 1.82) is 0 Å². The summed E-state index contributed by atoms with van der Waals surface area (Å²) in [6.07, 6.45) is 0. The number of rotatable bonds is 6.